The standard InChI is InChI=1S/C10H15NO3/c1-6(12)10(2,3)7-4-5-8(13)11-9(7)14/h7H,4-5H2,1-3H3,(H,11,13,14)/t7-/m1/s1. The molecule has 0 bridgehead atoms. The zero-order chi connectivity index (χ0) is 10.9. The van der Waals surface area contributed by atoms with E-state index in [1.165, 1.54) is 6.92 Å². The van der Waals surface area contributed by atoms with Gasteiger partial charge in [-0.1, -0.05) is 13.8 Å². The van der Waals surface area contributed by atoms with E-state index in [1.54, 1.807) is 13.8 Å². The summed E-state index contributed by atoms with van der Waals surface area (Å²) in [6, 6.07) is 0. The fraction of sp³-hybridized carbons (Fsp3) is 0.700. The highest BCUT2D eigenvalue weighted by atomic mass is 16.2. The molecule has 1 heterocycles. The van der Waals surface area contributed by atoms with Gasteiger partial charge in [0.15, 0.2) is 0 Å². The molecule has 1 aliphatic rings. The maximum absolute atomic E-state index is 11.5. The van der Waals surface area contributed by atoms with Crippen LogP contribution < -0.4 is 5.32 Å². The summed E-state index contributed by atoms with van der Waals surface area (Å²) in [4.78, 5) is 33.7. The van der Waals surface area contributed by atoms with Crippen molar-refractivity contribution in [3.63, 3.8) is 0 Å². The first-order valence-electron chi connectivity index (χ1n) is 4.70. The lowest BCUT2D eigenvalue weighted by molar-refractivity contribution is -0.144. The number of hydrogen-bond acceptors (Lipinski definition) is 3. The molecule has 0 aliphatic carbocycles. The van der Waals surface area contributed by atoms with E-state index in [0.717, 1.165) is 0 Å². The maximum atomic E-state index is 11.5. The van der Waals surface area contributed by atoms with Crippen LogP contribution in [0.5, 0.6) is 0 Å². The topological polar surface area (TPSA) is 63.2 Å². The number of imide groups is 1. The van der Waals surface area contributed by atoms with Gasteiger partial charge in [-0.15, -0.1) is 0 Å². The molecule has 0 saturated carbocycles. The first-order valence-corrected chi connectivity index (χ1v) is 4.70. The molecule has 0 unspecified atom stereocenters. The van der Waals surface area contributed by atoms with E-state index in [0.29, 0.717) is 12.8 Å². The molecule has 1 N–H and O–H groups in total. The van der Waals surface area contributed by atoms with Gasteiger partial charge in [0.25, 0.3) is 0 Å². The van der Waals surface area contributed by atoms with Gasteiger partial charge in [0.05, 0.1) is 5.92 Å². The van der Waals surface area contributed by atoms with Gasteiger partial charge in [-0.2, -0.15) is 0 Å². The minimum absolute atomic E-state index is 0.0213. The van der Waals surface area contributed by atoms with Crippen LogP contribution in [-0.4, -0.2) is 17.6 Å². The van der Waals surface area contributed by atoms with Crippen molar-refractivity contribution in [2.45, 2.75) is 33.6 Å². The molecule has 0 aromatic rings. The van der Waals surface area contributed by atoms with Crippen molar-refractivity contribution in [2.75, 3.05) is 0 Å². The van der Waals surface area contributed by atoms with E-state index in [1.807, 2.05) is 0 Å². The number of piperidine rings is 1. The summed E-state index contributed by atoms with van der Waals surface area (Å²) >= 11 is 0. The third kappa shape index (κ3) is 1.84. The van der Waals surface area contributed by atoms with Gasteiger partial charge in [0.2, 0.25) is 11.8 Å². The summed E-state index contributed by atoms with van der Waals surface area (Å²) < 4.78 is 0. The van der Waals surface area contributed by atoms with Crippen LogP contribution in [0.15, 0.2) is 0 Å². The molecule has 4 nitrogen and oxygen atoms in total. The average molecular weight is 197 g/mol. The Kier molecular flexibility index (Phi) is 2.73. The zero-order valence-electron chi connectivity index (χ0n) is 8.72. The quantitative estimate of drug-likeness (QED) is 0.661. The number of Topliss-reactive ketones (excluding diaryl/α,β-unsaturated/α-hetero) is 1. The lowest BCUT2D eigenvalue weighted by Crippen LogP contribution is -2.48. The van der Waals surface area contributed by atoms with Gasteiger partial charge >= 0.3 is 0 Å². The van der Waals surface area contributed by atoms with Gasteiger partial charge < -0.3 is 0 Å². The second-order valence-corrected chi connectivity index (χ2v) is 4.28. The van der Waals surface area contributed by atoms with E-state index >= 15 is 0 Å². The maximum Gasteiger partial charge on any atom is 0.230 e. The zero-order valence-corrected chi connectivity index (χ0v) is 8.72. The highest BCUT2D eigenvalue weighted by molar-refractivity contribution is 6.01. The lowest BCUT2D eigenvalue weighted by Gasteiger charge is -2.33. The molecule has 0 spiro atoms. The van der Waals surface area contributed by atoms with Gasteiger partial charge in [-0.05, 0) is 13.3 Å². The molecule has 14 heavy (non-hydrogen) atoms. The number of nitrogens with one attached hydrogen (secondary N) is 1. The highest BCUT2D eigenvalue weighted by Gasteiger charge is 2.41. The van der Waals surface area contributed by atoms with Crippen LogP contribution in [0.4, 0.5) is 0 Å². The Morgan fingerprint density at radius 3 is 2.43 bits per heavy atom. The van der Waals surface area contributed by atoms with Crippen molar-refractivity contribution in [3.05, 3.63) is 0 Å². The summed E-state index contributed by atoms with van der Waals surface area (Å²) in [7, 11) is 0. The molecule has 1 aliphatic heterocycles. The van der Waals surface area contributed by atoms with E-state index in [2.05, 4.69) is 5.32 Å². The predicted molar refractivity (Wildman–Crippen MR) is 50.3 cm³/mol. The third-order valence-corrected chi connectivity index (χ3v) is 3.02. The van der Waals surface area contributed by atoms with Crippen LogP contribution in [0.3, 0.4) is 0 Å². The van der Waals surface area contributed by atoms with Crippen LogP contribution in [0, 0.1) is 11.3 Å². The summed E-state index contributed by atoms with van der Waals surface area (Å²) in [5.41, 5.74) is -0.676. The Balaban J connectivity index is 2.84. The normalized spacial score (nSPS) is 23.2. The van der Waals surface area contributed by atoms with E-state index in [-0.39, 0.29) is 23.5 Å². The molecule has 0 aromatic heterocycles. The highest BCUT2D eigenvalue weighted by Crippen LogP contribution is 2.33. The van der Waals surface area contributed by atoms with E-state index in [9.17, 15) is 14.4 Å². The third-order valence-electron chi connectivity index (χ3n) is 3.02. The largest absolute Gasteiger partial charge is 0.299 e. The number of ketones is 1. The molecular formula is C10H15NO3. The molecule has 2 amide bonds. The number of carbonyl (C=O) groups is 3. The van der Waals surface area contributed by atoms with Crippen molar-refractivity contribution in [1.29, 1.82) is 0 Å². The second-order valence-electron chi connectivity index (χ2n) is 4.28. The summed E-state index contributed by atoms with van der Waals surface area (Å²) in [5.74, 6) is -0.961. The van der Waals surface area contributed by atoms with E-state index < -0.39 is 5.41 Å². The minimum atomic E-state index is -0.676. The van der Waals surface area contributed by atoms with Crippen LogP contribution in [-0.2, 0) is 14.4 Å². The lowest BCUT2D eigenvalue weighted by atomic mass is 9.72. The molecular weight excluding hydrogens is 182 g/mol. The average Bonchev–Trinajstić information content (AvgIpc) is 2.02. The first-order chi connectivity index (χ1) is 6.35. The van der Waals surface area contributed by atoms with Gasteiger partial charge in [-0.3, -0.25) is 19.7 Å². The van der Waals surface area contributed by atoms with Crippen molar-refractivity contribution < 1.29 is 14.4 Å². The fourth-order valence-corrected chi connectivity index (χ4v) is 1.63. The number of amides is 2. The van der Waals surface area contributed by atoms with Gasteiger partial charge in [0.1, 0.15) is 5.78 Å². The van der Waals surface area contributed by atoms with Crippen LogP contribution in [0.1, 0.15) is 33.6 Å². The summed E-state index contributed by atoms with van der Waals surface area (Å²) in [5, 5.41) is 2.26. The van der Waals surface area contributed by atoms with Gasteiger partial charge in [0, 0.05) is 11.8 Å². The molecule has 78 valence electrons. The molecule has 1 rings (SSSR count). The summed E-state index contributed by atoms with van der Waals surface area (Å²) in [6.45, 7) is 4.97. The smallest absolute Gasteiger partial charge is 0.230 e. The Morgan fingerprint density at radius 1 is 1.43 bits per heavy atom. The van der Waals surface area contributed by atoms with Crippen LogP contribution >= 0.6 is 0 Å². The minimum Gasteiger partial charge on any atom is -0.299 e. The first kappa shape index (κ1) is 10.9. The Hall–Kier alpha value is -1.19. The van der Waals surface area contributed by atoms with Crippen LogP contribution in [0.2, 0.25) is 0 Å². The van der Waals surface area contributed by atoms with Crippen molar-refractivity contribution >= 4 is 17.6 Å². The van der Waals surface area contributed by atoms with Gasteiger partial charge in [-0.25, -0.2) is 0 Å². The summed E-state index contributed by atoms with van der Waals surface area (Å²) in [6.07, 6.45) is 0.796. The van der Waals surface area contributed by atoms with E-state index in [4.69, 9.17) is 0 Å². The number of rotatable bonds is 2. The Bertz CT molecular complexity index is 294. The molecule has 0 aromatic carbocycles. The van der Waals surface area contributed by atoms with Crippen LogP contribution in [0.25, 0.3) is 0 Å². The van der Waals surface area contributed by atoms with Crippen molar-refractivity contribution in [1.82, 2.24) is 5.32 Å². The van der Waals surface area contributed by atoms with Crippen molar-refractivity contribution in [3.8, 4) is 0 Å². The Morgan fingerprint density at radius 2 is 2.00 bits per heavy atom. The number of hydrogen-bond donors (Lipinski definition) is 1. The molecule has 0 radical (unpaired) electrons. The fourth-order valence-electron chi connectivity index (χ4n) is 1.63. The number of carbonyl (C=O) groups excluding carboxylic acids is 3. The molecule has 1 saturated heterocycles. The Labute approximate surface area is 83.1 Å². The predicted octanol–water partition coefficient (Wildman–Crippen LogP) is 0.654. The SMILES string of the molecule is CC(=O)C(C)(C)[C@@H]1CCC(=O)NC1=O. The molecule has 4 heteroatoms. The van der Waals surface area contributed by atoms with Crippen molar-refractivity contribution in [2.24, 2.45) is 11.3 Å². The molecule has 1 atom stereocenters. The second kappa shape index (κ2) is 3.52. The monoisotopic (exact) mass is 197 g/mol. The molecule has 1 fully saturated rings.